The summed E-state index contributed by atoms with van der Waals surface area (Å²) < 4.78 is 26.1. The molecule has 8 heteroatoms. The number of anilines is 1. The summed E-state index contributed by atoms with van der Waals surface area (Å²) in [6, 6.07) is 7.85. The van der Waals surface area contributed by atoms with Crippen LogP contribution in [-0.2, 0) is 10.0 Å². The summed E-state index contributed by atoms with van der Waals surface area (Å²) in [5.41, 5.74) is 0.0125. The summed E-state index contributed by atoms with van der Waals surface area (Å²) in [5.74, 6) is -1.03. The molecule has 0 radical (unpaired) electrons. The largest absolute Gasteiger partial charge is 0.478 e. The van der Waals surface area contributed by atoms with Gasteiger partial charge >= 0.3 is 5.97 Å². The first-order valence-corrected chi connectivity index (χ1v) is 6.61. The molecule has 0 amide bonds. The number of sulfonamides is 1. The van der Waals surface area contributed by atoms with E-state index in [2.05, 4.69) is 14.9 Å². The minimum absolute atomic E-state index is 0.0125. The summed E-state index contributed by atoms with van der Waals surface area (Å²) in [4.78, 5) is 10.6. The molecule has 0 spiro atoms. The fraction of sp³-hybridized carbons (Fsp3) is 0. The van der Waals surface area contributed by atoms with Crippen LogP contribution in [0, 0.1) is 0 Å². The molecule has 98 valence electrons. The van der Waals surface area contributed by atoms with Gasteiger partial charge in [0.05, 0.1) is 10.5 Å². The Balaban J connectivity index is 2.27. The number of rotatable bonds is 4. The maximum Gasteiger partial charge on any atom is 0.335 e. The number of carboxylic acids is 1. The first kappa shape index (κ1) is 13.0. The molecule has 1 heterocycles. The maximum absolute atomic E-state index is 12.0. The Bertz CT molecular complexity index is 684. The lowest BCUT2D eigenvalue weighted by atomic mass is 10.2. The van der Waals surface area contributed by atoms with E-state index in [0.29, 0.717) is 0 Å². The number of hydrogen-bond acceptors (Lipinski definition) is 5. The lowest BCUT2D eigenvalue weighted by Gasteiger charge is -2.06. The highest BCUT2D eigenvalue weighted by Gasteiger charge is 2.15. The summed E-state index contributed by atoms with van der Waals surface area (Å²) in [7, 11) is -3.80. The van der Waals surface area contributed by atoms with E-state index in [0.717, 1.165) is 0 Å². The standard InChI is InChI=1S/C11H9N3O4S/c15-11(16)8-3-5-9(6-4-8)19(17,18)14-10-2-1-7-12-13-10/h1-7H,(H,13,14)(H,15,16). The Morgan fingerprint density at radius 1 is 1.16 bits per heavy atom. The van der Waals surface area contributed by atoms with Crippen molar-refractivity contribution >= 4 is 21.8 Å². The van der Waals surface area contributed by atoms with Gasteiger partial charge < -0.3 is 5.11 Å². The van der Waals surface area contributed by atoms with Gasteiger partial charge in [-0.25, -0.2) is 13.2 Å². The Kier molecular flexibility index (Phi) is 3.43. The van der Waals surface area contributed by atoms with Crippen LogP contribution in [0.15, 0.2) is 47.5 Å². The van der Waals surface area contributed by atoms with Crippen molar-refractivity contribution in [2.75, 3.05) is 4.72 Å². The van der Waals surface area contributed by atoms with Crippen molar-refractivity contribution in [3.05, 3.63) is 48.2 Å². The Morgan fingerprint density at radius 3 is 2.37 bits per heavy atom. The molecule has 0 bridgehead atoms. The number of aromatic nitrogens is 2. The van der Waals surface area contributed by atoms with Gasteiger partial charge in [0.15, 0.2) is 5.82 Å². The third-order valence-corrected chi connectivity index (χ3v) is 3.59. The Labute approximate surface area is 109 Å². The molecule has 0 aliphatic rings. The van der Waals surface area contributed by atoms with Gasteiger partial charge in [-0.1, -0.05) is 0 Å². The van der Waals surface area contributed by atoms with Crippen LogP contribution >= 0.6 is 0 Å². The summed E-state index contributed by atoms with van der Waals surface area (Å²) in [6.07, 6.45) is 1.42. The first-order chi connectivity index (χ1) is 8.99. The van der Waals surface area contributed by atoms with Crippen LogP contribution in [0.1, 0.15) is 10.4 Å². The highest BCUT2D eigenvalue weighted by Crippen LogP contribution is 2.14. The van der Waals surface area contributed by atoms with Crippen LogP contribution in [-0.4, -0.2) is 29.7 Å². The molecular formula is C11H9N3O4S. The van der Waals surface area contributed by atoms with Crippen molar-refractivity contribution in [1.29, 1.82) is 0 Å². The van der Waals surface area contributed by atoms with E-state index in [4.69, 9.17) is 5.11 Å². The molecular weight excluding hydrogens is 270 g/mol. The van der Waals surface area contributed by atoms with Crippen molar-refractivity contribution in [2.24, 2.45) is 0 Å². The Morgan fingerprint density at radius 2 is 1.84 bits per heavy atom. The molecule has 0 aliphatic carbocycles. The molecule has 0 fully saturated rings. The topological polar surface area (TPSA) is 109 Å². The van der Waals surface area contributed by atoms with Gasteiger partial charge in [0, 0.05) is 6.20 Å². The van der Waals surface area contributed by atoms with E-state index in [-0.39, 0.29) is 16.3 Å². The zero-order chi connectivity index (χ0) is 13.9. The van der Waals surface area contributed by atoms with Gasteiger partial charge in [-0.2, -0.15) is 5.10 Å². The average Bonchev–Trinajstić information content (AvgIpc) is 2.39. The molecule has 2 N–H and O–H groups in total. The fourth-order valence-electron chi connectivity index (χ4n) is 1.33. The van der Waals surface area contributed by atoms with Crippen LogP contribution in [0.5, 0.6) is 0 Å². The van der Waals surface area contributed by atoms with Gasteiger partial charge in [0.1, 0.15) is 0 Å². The summed E-state index contributed by atoms with van der Waals surface area (Å²) in [5, 5.41) is 15.9. The second-order valence-electron chi connectivity index (χ2n) is 3.54. The molecule has 0 aliphatic heterocycles. The zero-order valence-corrected chi connectivity index (χ0v) is 10.3. The highest BCUT2D eigenvalue weighted by molar-refractivity contribution is 7.92. The second kappa shape index (κ2) is 5.02. The SMILES string of the molecule is O=C(O)c1ccc(S(=O)(=O)Nc2cccnn2)cc1. The molecule has 0 saturated carbocycles. The maximum atomic E-state index is 12.0. The van der Waals surface area contributed by atoms with Gasteiger partial charge in [-0.3, -0.25) is 4.72 Å². The number of benzene rings is 1. The molecule has 19 heavy (non-hydrogen) atoms. The monoisotopic (exact) mass is 279 g/mol. The average molecular weight is 279 g/mol. The minimum Gasteiger partial charge on any atom is -0.478 e. The quantitative estimate of drug-likeness (QED) is 0.863. The third-order valence-electron chi connectivity index (χ3n) is 2.22. The fourth-order valence-corrected chi connectivity index (χ4v) is 2.33. The zero-order valence-electron chi connectivity index (χ0n) is 9.52. The number of hydrogen-bond donors (Lipinski definition) is 2. The van der Waals surface area contributed by atoms with Crippen molar-refractivity contribution in [3.8, 4) is 0 Å². The second-order valence-corrected chi connectivity index (χ2v) is 5.23. The first-order valence-electron chi connectivity index (χ1n) is 5.13. The predicted molar refractivity (Wildman–Crippen MR) is 66.2 cm³/mol. The molecule has 0 atom stereocenters. The van der Waals surface area contributed by atoms with Crippen LogP contribution in [0.2, 0.25) is 0 Å². The number of carboxylic acid groups (broad SMARTS) is 1. The normalized spacial score (nSPS) is 10.9. The number of nitrogens with one attached hydrogen (secondary N) is 1. The Hall–Kier alpha value is -2.48. The van der Waals surface area contributed by atoms with E-state index < -0.39 is 16.0 Å². The van der Waals surface area contributed by atoms with Gasteiger partial charge in [0.25, 0.3) is 10.0 Å². The van der Waals surface area contributed by atoms with E-state index in [9.17, 15) is 13.2 Å². The molecule has 2 aromatic rings. The van der Waals surface area contributed by atoms with Gasteiger partial charge in [-0.05, 0) is 36.4 Å². The summed E-state index contributed by atoms with van der Waals surface area (Å²) >= 11 is 0. The van der Waals surface area contributed by atoms with Crippen LogP contribution in [0.25, 0.3) is 0 Å². The lowest BCUT2D eigenvalue weighted by Crippen LogP contribution is -2.14. The smallest absolute Gasteiger partial charge is 0.335 e. The van der Waals surface area contributed by atoms with E-state index in [1.165, 1.54) is 36.5 Å². The van der Waals surface area contributed by atoms with Crippen molar-refractivity contribution in [1.82, 2.24) is 10.2 Å². The van der Waals surface area contributed by atoms with Crippen LogP contribution in [0.3, 0.4) is 0 Å². The van der Waals surface area contributed by atoms with E-state index in [1.807, 2.05) is 0 Å². The molecule has 0 saturated heterocycles. The molecule has 1 aromatic heterocycles. The van der Waals surface area contributed by atoms with Crippen LogP contribution < -0.4 is 4.72 Å². The molecule has 2 rings (SSSR count). The summed E-state index contributed by atoms with van der Waals surface area (Å²) in [6.45, 7) is 0. The molecule has 1 aromatic carbocycles. The molecule has 0 unspecified atom stereocenters. The number of nitrogens with zero attached hydrogens (tertiary/aromatic N) is 2. The van der Waals surface area contributed by atoms with Gasteiger partial charge in [0.2, 0.25) is 0 Å². The lowest BCUT2D eigenvalue weighted by molar-refractivity contribution is 0.0697. The van der Waals surface area contributed by atoms with Crippen LogP contribution in [0.4, 0.5) is 5.82 Å². The number of carbonyl (C=O) groups is 1. The van der Waals surface area contributed by atoms with Crippen molar-refractivity contribution in [2.45, 2.75) is 4.90 Å². The number of aromatic carboxylic acids is 1. The third kappa shape index (κ3) is 3.05. The molecule has 7 nitrogen and oxygen atoms in total. The van der Waals surface area contributed by atoms with Crippen molar-refractivity contribution < 1.29 is 18.3 Å². The predicted octanol–water partition coefficient (Wildman–Crippen LogP) is 0.976. The highest BCUT2D eigenvalue weighted by atomic mass is 32.2. The minimum atomic E-state index is -3.80. The van der Waals surface area contributed by atoms with Crippen molar-refractivity contribution in [3.63, 3.8) is 0 Å². The van der Waals surface area contributed by atoms with E-state index >= 15 is 0 Å². The van der Waals surface area contributed by atoms with Gasteiger partial charge in [-0.15, -0.1) is 5.10 Å². The van der Waals surface area contributed by atoms with E-state index in [1.54, 1.807) is 6.07 Å².